The van der Waals surface area contributed by atoms with Gasteiger partial charge >= 0.3 is 0 Å². The van der Waals surface area contributed by atoms with Crippen molar-refractivity contribution in [3.63, 3.8) is 0 Å². The van der Waals surface area contributed by atoms with Gasteiger partial charge in [0.2, 0.25) is 0 Å². The average Bonchev–Trinajstić information content (AvgIpc) is 2.17. The molecule has 0 radical (unpaired) electrons. The van der Waals surface area contributed by atoms with Crippen LogP contribution in [0.15, 0.2) is 8.42 Å². The van der Waals surface area contributed by atoms with E-state index in [0.29, 0.717) is 0 Å². The summed E-state index contributed by atoms with van der Waals surface area (Å²) in [6, 6.07) is 0. The molecule has 1 aromatic heterocycles. The lowest BCUT2D eigenvalue weighted by atomic mass is 11.1. The second-order valence-corrected chi connectivity index (χ2v) is 12.6. The summed E-state index contributed by atoms with van der Waals surface area (Å²) < 4.78 is 3.81. The van der Waals surface area contributed by atoms with E-state index in [2.05, 4.69) is 0 Å². The van der Waals surface area contributed by atoms with Gasteiger partial charge < -0.3 is 0 Å². The normalized spacial score (nSPS) is 17.5. The molecule has 0 fully saturated rings. The van der Waals surface area contributed by atoms with Crippen LogP contribution in [0.2, 0.25) is 0 Å². The van der Waals surface area contributed by atoms with Crippen molar-refractivity contribution in [1.82, 2.24) is 0 Å². The maximum absolute atomic E-state index is 5.11. The molecule has 0 spiro atoms. The Labute approximate surface area is 96.3 Å². The maximum Gasteiger partial charge on any atom is 0.145 e. The molecule has 2 heterocycles. The largest absolute Gasteiger partial charge is 0.145 e. The van der Waals surface area contributed by atoms with E-state index in [-0.39, 0.29) is 0 Å². The summed E-state index contributed by atoms with van der Waals surface area (Å²) in [6.07, 6.45) is 0. The molecule has 1 aliphatic rings. The molecular formula is C3S8. The van der Waals surface area contributed by atoms with E-state index in [1.54, 1.807) is 22.7 Å². The summed E-state index contributed by atoms with van der Waals surface area (Å²) in [5, 5.41) is 0. The van der Waals surface area contributed by atoms with Gasteiger partial charge in [0.1, 0.15) is 3.14 Å². The predicted molar refractivity (Wildman–Crippen MR) is 67.5 cm³/mol. The minimum absolute atomic E-state index is 1.04. The van der Waals surface area contributed by atoms with Gasteiger partial charge in [0, 0.05) is 0 Å². The predicted octanol–water partition coefficient (Wildman–Crippen LogP) is 5.60. The van der Waals surface area contributed by atoms with Gasteiger partial charge in [-0.15, -0.1) is 22.7 Å². The van der Waals surface area contributed by atoms with E-state index in [1.165, 1.54) is 8.42 Å². The van der Waals surface area contributed by atoms with Crippen LogP contribution >= 0.6 is 86.0 Å². The first-order valence-electron chi connectivity index (χ1n) is 2.35. The quantitative estimate of drug-likeness (QED) is 0.448. The topological polar surface area (TPSA) is 0 Å². The molecule has 2 rings (SSSR count). The fraction of sp³-hybridized carbons (Fsp3) is 0. The Morgan fingerprint density at radius 1 is 0.818 bits per heavy atom. The van der Waals surface area contributed by atoms with Gasteiger partial charge in [0.05, 0.1) is 8.42 Å². The minimum Gasteiger partial charge on any atom is -0.104 e. The van der Waals surface area contributed by atoms with Crippen molar-refractivity contribution in [1.29, 1.82) is 0 Å². The Hall–Kier alpha value is 2.02. The minimum atomic E-state index is 1.04. The zero-order valence-corrected chi connectivity index (χ0v) is 11.3. The molecule has 0 bridgehead atoms. The highest BCUT2D eigenvalue weighted by Crippen LogP contribution is 2.61. The lowest BCUT2D eigenvalue weighted by Gasteiger charge is -1.87. The SMILES string of the molecule is S=c1sc2c(s1)SSSSS2. The van der Waals surface area contributed by atoms with Crippen LogP contribution in [0.1, 0.15) is 0 Å². The molecule has 60 valence electrons. The smallest absolute Gasteiger partial charge is 0.104 e. The van der Waals surface area contributed by atoms with Crippen LogP contribution in [0.25, 0.3) is 0 Å². The van der Waals surface area contributed by atoms with Crippen LogP contribution in [0.5, 0.6) is 0 Å². The number of hydrogen-bond donors (Lipinski definition) is 0. The van der Waals surface area contributed by atoms with Crippen LogP contribution in [0.4, 0.5) is 0 Å². The summed E-state index contributed by atoms with van der Waals surface area (Å²) in [4.78, 5) is 0. The molecule has 0 saturated carbocycles. The Kier molecular flexibility index (Phi) is 3.91. The van der Waals surface area contributed by atoms with Crippen LogP contribution in [-0.4, -0.2) is 0 Å². The fourth-order valence-electron chi connectivity index (χ4n) is 0.459. The maximum atomic E-state index is 5.11. The van der Waals surface area contributed by atoms with Crippen molar-refractivity contribution in [2.24, 2.45) is 0 Å². The van der Waals surface area contributed by atoms with Crippen molar-refractivity contribution >= 4 is 86.0 Å². The summed E-state index contributed by atoms with van der Waals surface area (Å²) in [6.45, 7) is 0. The molecule has 0 nitrogen and oxygen atoms in total. The Morgan fingerprint density at radius 2 is 1.36 bits per heavy atom. The highest BCUT2D eigenvalue weighted by atomic mass is 33.8. The molecule has 0 unspecified atom stereocenters. The molecule has 0 atom stereocenters. The third kappa shape index (κ3) is 2.49. The van der Waals surface area contributed by atoms with Gasteiger partial charge in [0.25, 0.3) is 0 Å². The molecule has 0 aromatic carbocycles. The Bertz CT molecular complexity index is 268. The molecule has 1 aliphatic heterocycles. The van der Waals surface area contributed by atoms with E-state index < -0.39 is 0 Å². The van der Waals surface area contributed by atoms with Crippen molar-refractivity contribution in [2.45, 2.75) is 8.42 Å². The van der Waals surface area contributed by atoms with Crippen LogP contribution in [-0.2, 0) is 0 Å². The summed E-state index contributed by atoms with van der Waals surface area (Å²) >= 11 is 8.57. The van der Waals surface area contributed by atoms with E-state index in [0.717, 1.165) is 3.14 Å². The molecule has 0 saturated heterocycles. The fourth-order valence-corrected chi connectivity index (χ4v) is 14.5. The Balaban J connectivity index is 2.39. The van der Waals surface area contributed by atoms with Crippen molar-refractivity contribution in [3.05, 3.63) is 3.14 Å². The second-order valence-electron chi connectivity index (χ2n) is 1.40. The zero-order valence-electron chi connectivity index (χ0n) is 4.77. The van der Waals surface area contributed by atoms with Gasteiger partial charge in [0.15, 0.2) is 0 Å². The molecule has 8 heteroatoms. The Morgan fingerprint density at radius 3 is 1.91 bits per heavy atom. The molecular weight excluding hydrogens is 293 g/mol. The van der Waals surface area contributed by atoms with Crippen molar-refractivity contribution in [3.8, 4) is 0 Å². The molecule has 1 aromatic rings. The summed E-state index contributed by atoms with van der Waals surface area (Å²) in [7, 11) is 9.12. The summed E-state index contributed by atoms with van der Waals surface area (Å²) in [5.41, 5.74) is 0. The third-order valence-electron chi connectivity index (χ3n) is 0.794. The van der Waals surface area contributed by atoms with Crippen LogP contribution in [0.3, 0.4) is 0 Å². The van der Waals surface area contributed by atoms with Gasteiger partial charge in [-0.3, -0.25) is 0 Å². The first-order chi connectivity index (χ1) is 5.36. The van der Waals surface area contributed by atoms with E-state index in [1.807, 2.05) is 51.1 Å². The third-order valence-corrected chi connectivity index (χ3v) is 13.0. The number of hydrogen-bond acceptors (Lipinski definition) is 8. The van der Waals surface area contributed by atoms with Crippen molar-refractivity contribution in [2.75, 3.05) is 0 Å². The molecule has 0 amide bonds. The van der Waals surface area contributed by atoms with Crippen molar-refractivity contribution < 1.29 is 0 Å². The number of fused-ring (bicyclic) bond motifs is 1. The van der Waals surface area contributed by atoms with Gasteiger partial charge in [-0.25, -0.2) is 0 Å². The van der Waals surface area contributed by atoms with Gasteiger partial charge in [-0.05, 0) is 51.1 Å². The highest BCUT2D eigenvalue weighted by Gasteiger charge is 2.13. The van der Waals surface area contributed by atoms with E-state index in [4.69, 9.17) is 12.2 Å². The molecule has 0 N–H and O–H groups in total. The molecule has 11 heavy (non-hydrogen) atoms. The first kappa shape index (κ1) is 9.57. The zero-order chi connectivity index (χ0) is 7.68. The van der Waals surface area contributed by atoms with E-state index >= 15 is 0 Å². The first-order valence-corrected chi connectivity index (χ1v) is 10.5. The van der Waals surface area contributed by atoms with Gasteiger partial charge in [-0.2, -0.15) is 0 Å². The van der Waals surface area contributed by atoms with E-state index in [9.17, 15) is 0 Å². The lowest BCUT2D eigenvalue weighted by Crippen LogP contribution is -1.52. The molecule has 0 aliphatic carbocycles. The second kappa shape index (κ2) is 4.50. The summed E-state index contributed by atoms with van der Waals surface area (Å²) in [5.74, 6) is 0. The highest BCUT2D eigenvalue weighted by molar-refractivity contribution is 9.36. The average molecular weight is 293 g/mol. The van der Waals surface area contributed by atoms with Crippen LogP contribution < -0.4 is 0 Å². The standard InChI is InChI=1S/C3S8/c4-3-5-1-2(6-3)8-10-11-9-7-1. The van der Waals surface area contributed by atoms with Gasteiger partial charge in [-0.1, -0.05) is 12.2 Å². The number of rotatable bonds is 0. The monoisotopic (exact) mass is 292 g/mol. The van der Waals surface area contributed by atoms with Crippen LogP contribution in [0, 0.1) is 3.14 Å². The lowest BCUT2D eigenvalue weighted by molar-refractivity contribution is 1.56.